The van der Waals surface area contributed by atoms with Gasteiger partial charge in [0.2, 0.25) is 5.82 Å². The molecule has 6 heteroatoms. The molecule has 17 heavy (non-hydrogen) atoms. The minimum Gasteiger partial charge on any atom is -0.493 e. The second kappa shape index (κ2) is 3.60. The van der Waals surface area contributed by atoms with E-state index in [0.29, 0.717) is 0 Å². The number of methoxy groups -OCH3 is 1. The quantitative estimate of drug-likeness (QED) is 0.833. The minimum atomic E-state index is -3.00. The molecule has 0 heterocycles. The molecule has 94 valence electrons. The highest BCUT2D eigenvalue weighted by Crippen LogP contribution is 2.62. The Bertz CT molecular complexity index is 463. The summed E-state index contributed by atoms with van der Waals surface area (Å²) in [6.07, 6.45) is -0.474. The smallest absolute Gasteiger partial charge is 0.260 e. The van der Waals surface area contributed by atoms with Gasteiger partial charge >= 0.3 is 0 Å². The zero-order valence-corrected chi connectivity index (χ0v) is 9.07. The van der Waals surface area contributed by atoms with Gasteiger partial charge in [-0.3, -0.25) is 0 Å². The standard InChI is InChI=1S/C11H11F4NO/c1-17-9-6(2-3-7(12)8(9)13)10(5-16)4-11(10,14)15/h2-3H,4-5,16H2,1H3. The Morgan fingerprint density at radius 3 is 2.35 bits per heavy atom. The third kappa shape index (κ3) is 1.50. The van der Waals surface area contributed by atoms with Crippen molar-refractivity contribution in [3.05, 3.63) is 29.3 Å². The van der Waals surface area contributed by atoms with Crippen molar-refractivity contribution >= 4 is 0 Å². The molecule has 0 radical (unpaired) electrons. The molecule has 1 fully saturated rings. The molecule has 2 N–H and O–H groups in total. The fourth-order valence-corrected chi connectivity index (χ4v) is 2.07. The fraction of sp³-hybridized carbons (Fsp3) is 0.455. The lowest BCUT2D eigenvalue weighted by Gasteiger charge is -2.18. The van der Waals surface area contributed by atoms with Crippen LogP contribution in [-0.2, 0) is 5.41 Å². The molecule has 1 aromatic rings. The maximum atomic E-state index is 13.4. The summed E-state index contributed by atoms with van der Waals surface area (Å²) in [6.45, 7) is -0.346. The lowest BCUT2D eigenvalue weighted by molar-refractivity contribution is 0.0887. The number of nitrogens with two attached hydrogens (primary N) is 1. The van der Waals surface area contributed by atoms with Gasteiger partial charge < -0.3 is 10.5 Å². The zero-order chi connectivity index (χ0) is 12.8. The van der Waals surface area contributed by atoms with E-state index in [1.807, 2.05) is 0 Å². The van der Waals surface area contributed by atoms with Gasteiger partial charge in [0.05, 0.1) is 12.5 Å². The van der Waals surface area contributed by atoms with Crippen molar-refractivity contribution in [2.75, 3.05) is 13.7 Å². The van der Waals surface area contributed by atoms with Crippen LogP contribution in [0.5, 0.6) is 5.75 Å². The van der Waals surface area contributed by atoms with Crippen molar-refractivity contribution in [2.24, 2.45) is 5.73 Å². The summed E-state index contributed by atoms with van der Waals surface area (Å²) in [5, 5.41) is 0. The van der Waals surface area contributed by atoms with Crippen molar-refractivity contribution in [1.29, 1.82) is 0 Å². The van der Waals surface area contributed by atoms with Gasteiger partial charge in [0.25, 0.3) is 5.92 Å². The van der Waals surface area contributed by atoms with E-state index in [0.717, 1.165) is 19.2 Å². The maximum Gasteiger partial charge on any atom is 0.260 e. The summed E-state index contributed by atoms with van der Waals surface area (Å²) in [5.74, 6) is -5.89. The van der Waals surface area contributed by atoms with Crippen molar-refractivity contribution < 1.29 is 22.3 Å². The van der Waals surface area contributed by atoms with Crippen molar-refractivity contribution in [2.45, 2.75) is 17.8 Å². The van der Waals surface area contributed by atoms with E-state index < -0.39 is 35.1 Å². The largest absolute Gasteiger partial charge is 0.493 e. The SMILES string of the molecule is COc1c(C2(CN)CC2(F)F)ccc(F)c1F. The van der Waals surface area contributed by atoms with Gasteiger partial charge in [-0.05, 0) is 6.07 Å². The summed E-state index contributed by atoms with van der Waals surface area (Å²) in [6, 6.07) is 1.91. The molecule has 0 spiro atoms. The van der Waals surface area contributed by atoms with E-state index in [-0.39, 0.29) is 12.1 Å². The molecule has 1 aliphatic carbocycles. The van der Waals surface area contributed by atoms with Crippen LogP contribution in [0.4, 0.5) is 17.6 Å². The maximum absolute atomic E-state index is 13.4. The Labute approximate surface area is 95.4 Å². The molecule has 0 aliphatic heterocycles. The third-order valence-corrected chi connectivity index (χ3v) is 3.22. The number of rotatable bonds is 3. The Morgan fingerprint density at radius 2 is 1.94 bits per heavy atom. The van der Waals surface area contributed by atoms with Gasteiger partial charge in [0, 0.05) is 18.5 Å². The van der Waals surface area contributed by atoms with E-state index in [2.05, 4.69) is 4.74 Å². The first-order valence-corrected chi connectivity index (χ1v) is 5.00. The Morgan fingerprint density at radius 1 is 1.35 bits per heavy atom. The van der Waals surface area contributed by atoms with Crippen LogP contribution in [-0.4, -0.2) is 19.6 Å². The second-order valence-electron chi connectivity index (χ2n) is 4.11. The summed E-state index contributed by atoms with van der Waals surface area (Å²) >= 11 is 0. The first-order valence-electron chi connectivity index (χ1n) is 5.00. The molecule has 0 aromatic heterocycles. The van der Waals surface area contributed by atoms with Gasteiger partial charge in [0.1, 0.15) is 0 Å². The molecule has 1 atom stereocenters. The van der Waals surface area contributed by atoms with Crippen LogP contribution >= 0.6 is 0 Å². The van der Waals surface area contributed by atoms with E-state index in [1.54, 1.807) is 0 Å². The number of halogens is 4. The lowest BCUT2D eigenvalue weighted by atomic mass is 9.94. The van der Waals surface area contributed by atoms with Crippen molar-refractivity contribution in [3.8, 4) is 5.75 Å². The van der Waals surface area contributed by atoms with Crippen molar-refractivity contribution in [3.63, 3.8) is 0 Å². The summed E-state index contributed by atoms with van der Waals surface area (Å²) in [5.41, 5.74) is 3.63. The first kappa shape index (κ1) is 12.2. The van der Waals surface area contributed by atoms with Gasteiger partial charge in [-0.15, -0.1) is 0 Å². The molecule has 2 rings (SSSR count). The second-order valence-corrected chi connectivity index (χ2v) is 4.11. The third-order valence-electron chi connectivity index (χ3n) is 3.22. The molecular formula is C11H11F4NO. The topological polar surface area (TPSA) is 35.2 Å². The highest BCUT2D eigenvalue weighted by Gasteiger charge is 2.72. The van der Waals surface area contributed by atoms with Crippen molar-refractivity contribution in [1.82, 2.24) is 0 Å². The zero-order valence-electron chi connectivity index (χ0n) is 9.07. The molecule has 1 aromatic carbocycles. The molecule has 0 bridgehead atoms. The number of hydrogen-bond acceptors (Lipinski definition) is 2. The predicted octanol–water partition coefficient (Wildman–Crippen LogP) is 2.21. The Balaban J connectivity index is 2.58. The number of benzene rings is 1. The van der Waals surface area contributed by atoms with Crippen LogP contribution in [0.15, 0.2) is 12.1 Å². The highest BCUT2D eigenvalue weighted by molar-refractivity contribution is 5.48. The number of ether oxygens (including phenoxy) is 1. The van der Waals surface area contributed by atoms with Crippen LogP contribution < -0.4 is 10.5 Å². The van der Waals surface area contributed by atoms with Crippen LogP contribution in [0.1, 0.15) is 12.0 Å². The average molecular weight is 249 g/mol. The molecule has 0 amide bonds. The van der Waals surface area contributed by atoms with Gasteiger partial charge in [0.15, 0.2) is 11.6 Å². The average Bonchev–Trinajstić information content (AvgIpc) is 2.86. The number of alkyl halides is 2. The first-order chi connectivity index (χ1) is 7.89. The fourth-order valence-electron chi connectivity index (χ4n) is 2.07. The number of hydrogen-bond donors (Lipinski definition) is 1. The molecule has 2 nitrogen and oxygen atoms in total. The van der Waals surface area contributed by atoms with E-state index in [1.165, 1.54) is 0 Å². The molecule has 1 unspecified atom stereocenters. The normalized spacial score (nSPS) is 25.8. The van der Waals surface area contributed by atoms with E-state index >= 15 is 0 Å². The molecule has 1 saturated carbocycles. The van der Waals surface area contributed by atoms with Gasteiger partial charge in [-0.25, -0.2) is 13.2 Å². The monoisotopic (exact) mass is 249 g/mol. The summed E-state index contributed by atoms with van der Waals surface area (Å²) in [7, 11) is 1.10. The van der Waals surface area contributed by atoms with E-state index in [9.17, 15) is 17.6 Å². The van der Waals surface area contributed by atoms with Crippen LogP contribution in [0.2, 0.25) is 0 Å². The Hall–Kier alpha value is -1.30. The summed E-state index contributed by atoms with van der Waals surface area (Å²) in [4.78, 5) is 0. The predicted molar refractivity (Wildman–Crippen MR) is 53.2 cm³/mol. The lowest BCUT2D eigenvalue weighted by Crippen LogP contribution is -2.27. The molecule has 1 aliphatic rings. The van der Waals surface area contributed by atoms with E-state index in [4.69, 9.17) is 5.73 Å². The van der Waals surface area contributed by atoms with Gasteiger partial charge in [-0.1, -0.05) is 6.07 Å². The van der Waals surface area contributed by atoms with Crippen LogP contribution in [0.3, 0.4) is 0 Å². The highest BCUT2D eigenvalue weighted by atomic mass is 19.3. The molecular weight excluding hydrogens is 238 g/mol. The van der Waals surface area contributed by atoms with Crippen LogP contribution in [0.25, 0.3) is 0 Å². The van der Waals surface area contributed by atoms with Gasteiger partial charge in [-0.2, -0.15) is 4.39 Å². The summed E-state index contributed by atoms with van der Waals surface area (Å²) < 4.78 is 57.7. The Kier molecular flexibility index (Phi) is 2.57. The molecule has 0 saturated heterocycles. The minimum absolute atomic E-state index is 0.0774. The van der Waals surface area contributed by atoms with Crippen LogP contribution in [0, 0.1) is 11.6 Å².